The monoisotopic (exact) mass is 552 g/mol. The number of aryl methyl sites for hydroxylation is 1. The fraction of sp³-hybridized carbons (Fsp3) is 0.500. The van der Waals surface area contributed by atoms with Crippen molar-refractivity contribution in [3.8, 4) is 5.75 Å². The summed E-state index contributed by atoms with van der Waals surface area (Å²) in [6.07, 6.45) is 1.91. The van der Waals surface area contributed by atoms with E-state index in [1.807, 2.05) is 30.5 Å². The SMILES string of the molecule is CCNC(=NCc1ccnc(N2CCN(C)CC2)c1)NCC(C)Oc1ccccc1C.I. The second-order valence-electron chi connectivity index (χ2n) is 8.08. The molecule has 0 radical (unpaired) electrons. The molecule has 2 heterocycles. The number of nitrogens with one attached hydrogen (secondary N) is 2. The van der Waals surface area contributed by atoms with Crippen LogP contribution in [-0.4, -0.2) is 68.3 Å². The molecule has 8 heteroatoms. The number of piperazine rings is 1. The average molecular weight is 553 g/mol. The minimum atomic E-state index is 0. The smallest absolute Gasteiger partial charge is 0.191 e. The van der Waals surface area contributed by atoms with E-state index < -0.39 is 0 Å². The Kier molecular flexibility index (Phi) is 11.0. The topological polar surface area (TPSA) is 65.0 Å². The first-order valence-electron chi connectivity index (χ1n) is 11.2. The maximum Gasteiger partial charge on any atom is 0.191 e. The van der Waals surface area contributed by atoms with Crippen LogP contribution in [0.15, 0.2) is 47.6 Å². The lowest BCUT2D eigenvalue weighted by Crippen LogP contribution is -2.44. The van der Waals surface area contributed by atoms with Crippen LogP contribution in [0.3, 0.4) is 0 Å². The Balaban J connectivity index is 0.00000363. The van der Waals surface area contributed by atoms with Crippen LogP contribution in [0.25, 0.3) is 0 Å². The molecule has 0 bridgehead atoms. The van der Waals surface area contributed by atoms with Crippen LogP contribution in [-0.2, 0) is 6.54 Å². The van der Waals surface area contributed by atoms with Crippen LogP contribution in [0.5, 0.6) is 5.75 Å². The van der Waals surface area contributed by atoms with Gasteiger partial charge in [0.15, 0.2) is 5.96 Å². The lowest BCUT2D eigenvalue weighted by atomic mass is 10.2. The third-order valence-corrected chi connectivity index (χ3v) is 5.38. The number of ether oxygens (including phenoxy) is 1. The molecule has 0 spiro atoms. The molecule has 1 aromatic heterocycles. The van der Waals surface area contributed by atoms with Gasteiger partial charge in [-0.3, -0.25) is 0 Å². The molecule has 2 aromatic rings. The highest BCUT2D eigenvalue weighted by Crippen LogP contribution is 2.18. The normalized spacial score (nSPS) is 15.6. The maximum atomic E-state index is 6.06. The molecule has 0 saturated carbocycles. The molecule has 1 saturated heterocycles. The van der Waals surface area contributed by atoms with E-state index in [0.717, 1.165) is 61.4 Å². The first-order valence-corrected chi connectivity index (χ1v) is 11.2. The van der Waals surface area contributed by atoms with Gasteiger partial charge >= 0.3 is 0 Å². The van der Waals surface area contributed by atoms with Crippen molar-refractivity contribution < 1.29 is 4.74 Å². The highest BCUT2D eigenvalue weighted by atomic mass is 127. The maximum absolute atomic E-state index is 6.06. The van der Waals surface area contributed by atoms with E-state index in [-0.39, 0.29) is 30.1 Å². The Morgan fingerprint density at radius 3 is 2.62 bits per heavy atom. The summed E-state index contributed by atoms with van der Waals surface area (Å²) in [6, 6.07) is 12.3. The molecule has 1 aliphatic rings. The summed E-state index contributed by atoms with van der Waals surface area (Å²) in [5, 5.41) is 6.71. The molecule has 1 fully saturated rings. The Morgan fingerprint density at radius 1 is 1.16 bits per heavy atom. The van der Waals surface area contributed by atoms with Crippen LogP contribution in [0, 0.1) is 6.92 Å². The zero-order valence-corrected chi connectivity index (χ0v) is 22.0. The summed E-state index contributed by atoms with van der Waals surface area (Å²) in [5.41, 5.74) is 2.30. The second kappa shape index (κ2) is 13.5. The molecule has 32 heavy (non-hydrogen) atoms. The standard InChI is InChI=1S/C24H36N6O.HI/c1-5-25-24(27-17-20(3)31-22-9-7-6-8-19(22)2)28-18-21-10-11-26-23(16-21)30-14-12-29(4)13-15-30;/h6-11,16,20H,5,12-15,17-18H2,1-4H3,(H2,25,27,28);1H. The minimum absolute atomic E-state index is 0. The summed E-state index contributed by atoms with van der Waals surface area (Å²) < 4.78 is 6.06. The van der Waals surface area contributed by atoms with Gasteiger partial charge in [0.05, 0.1) is 13.1 Å². The number of halogens is 1. The van der Waals surface area contributed by atoms with Crippen LogP contribution < -0.4 is 20.3 Å². The van der Waals surface area contributed by atoms with Gasteiger partial charge in [0.1, 0.15) is 17.7 Å². The van der Waals surface area contributed by atoms with Crippen LogP contribution in [0.2, 0.25) is 0 Å². The lowest BCUT2D eigenvalue weighted by Gasteiger charge is -2.33. The van der Waals surface area contributed by atoms with Crippen molar-refractivity contribution in [3.05, 3.63) is 53.7 Å². The van der Waals surface area contributed by atoms with Gasteiger partial charge in [-0.2, -0.15) is 0 Å². The molecule has 1 aromatic carbocycles. The molecular formula is C24H37IN6O. The minimum Gasteiger partial charge on any atom is -0.489 e. The zero-order valence-electron chi connectivity index (χ0n) is 19.7. The van der Waals surface area contributed by atoms with E-state index in [1.165, 1.54) is 0 Å². The quantitative estimate of drug-likeness (QED) is 0.298. The number of hydrogen-bond acceptors (Lipinski definition) is 5. The highest BCUT2D eigenvalue weighted by molar-refractivity contribution is 14.0. The van der Waals surface area contributed by atoms with Gasteiger partial charge in [0, 0.05) is 38.9 Å². The summed E-state index contributed by atoms with van der Waals surface area (Å²) in [4.78, 5) is 14.0. The summed E-state index contributed by atoms with van der Waals surface area (Å²) >= 11 is 0. The van der Waals surface area contributed by atoms with Crippen molar-refractivity contribution >= 4 is 35.8 Å². The Morgan fingerprint density at radius 2 is 1.91 bits per heavy atom. The Bertz CT molecular complexity index is 854. The van der Waals surface area contributed by atoms with Crippen molar-refractivity contribution in [2.45, 2.75) is 33.4 Å². The molecular weight excluding hydrogens is 515 g/mol. The number of rotatable bonds is 8. The van der Waals surface area contributed by atoms with Crippen molar-refractivity contribution in [2.24, 2.45) is 4.99 Å². The van der Waals surface area contributed by atoms with Gasteiger partial charge in [-0.15, -0.1) is 24.0 Å². The molecule has 3 rings (SSSR count). The third kappa shape index (κ3) is 8.12. The molecule has 2 N–H and O–H groups in total. The second-order valence-corrected chi connectivity index (χ2v) is 8.08. The molecule has 0 amide bonds. The van der Waals surface area contributed by atoms with E-state index >= 15 is 0 Å². The van der Waals surface area contributed by atoms with Crippen LogP contribution in [0.1, 0.15) is 25.0 Å². The number of aromatic nitrogens is 1. The third-order valence-electron chi connectivity index (χ3n) is 5.38. The molecule has 1 unspecified atom stereocenters. The first kappa shape index (κ1) is 26.2. The van der Waals surface area contributed by atoms with Crippen LogP contribution in [0.4, 0.5) is 5.82 Å². The number of para-hydroxylation sites is 1. The zero-order chi connectivity index (χ0) is 22.1. The highest BCUT2D eigenvalue weighted by Gasteiger charge is 2.15. The predicted molar refractivity (Wildman–Crippen MR) is 143 cm³/mol. The van der Waals surface area contributed by atoms with Crippen molar-refractivity contribution in [1.82, 2.24) is 20.5 Å². The number of benzene rings is 1. The average Bonchev–Trinajstić information content (AvgIpc) is 2.78. The molecule has 1 aliphatic heterocycles. The molecule has 1 atom stereocenters. The number of nitrogens with zero attached hydrogens (tertiary/aromatic N) is 4. The Labute approximate surface area is 209 Å². The van der Waals surface area contributed by atoms with Gasteiger partial charge in [0.25, 0.3) is 0 Å². The van der Waals surface area contributed by atoms with Gasteiger partial charge in [-0.1, -0.05) is 18.2 Å². The van der Waals surface area contributed by atoms with Gasteiger partial charge < -0.3 is 25.2 Å². The number of guanidine groups is 1. The van der Waals surface area contributed by atoms with E-state index in [4.69, 9.17) is 9.73 Å². The van der Waals surface area contributed by atoms with Gasteiger partial charge in [-0.25, -0.2) is 9.98 Å². The first-order chi connectivity index (χ1) is 15.0. The van der Waals surface area contributed by atoms with Crippen molar-refractivity contribution in [1.29, 1.82) is 0 Å². The number of pyridine rings is 1. The van der Waals surface area contributed by atoms with Gasteiger partial charge in [-0.05, 0) is 57.1 Å². The Hall–Kier alpha value is -2.07. The largest absolute Gasteiger partial charge is 0.489 e. The summed E-state index contributed by atoms with van der Waals surface area (Å²) in [7, 11) is 2.16. The van der Waals surface area contributed by atoms with Crippen LogP contribution >= 0.6 is 24.0 Å². The van der Waals surface area contributed by atoms with E-state index in [2.05, 4.69) is 65.4 Å². The number of aliphatic imine (C=N–C) groups is 1. The lowest BCUT2D eigenvalue weighted by molar-refractivity contribution is 0.222. The summed E-state index contributed by atoms with van der Waals surface area (Å²) in [5.74, 6) is 2.76. The number of anilines is 1. The number of likely N-dealkylation sites (N-methyl/N-ethyl adjacent to an activating group) is 1. The number of hydrogen-bond donors (Lipinski definition) is 2. The molecule has 176 valence electrons. The van der Waals surface area contributed by atoms with E-state index in [0.29, 0.717) is 13.1 Å². The van der Waals surface area contributed by atoms with Crippen molar-refractivity contribution in [2.75, 3.05) is 51.2 Å². The van der Waals surface area contributed by atoms with E-state index in [9.17, 15) is 0 Å². The fourth-order valence-electron chi connectivity index (χ4n) is 3.47. The van der Waals surface area contributed by atoms with Crippen molar-refractivity contribution in [3.63, 3.8) is 0 Å². The summed E-state index contributed by atoms with van der Waals surface area (Å²) in [6.45, 7) is 12.4. The predicted octanol–water partition coefficient (Wildman–Crippen LogP) is 3.28. The van der Waals surface area contributed by atoms with E-state index in [1.54, 1.807) is 0 Å². The molecule has 7 nitrogen and oxygen atoms in total. The fourth-order valence-corrected chi connectivity index (χ4v) is 3.47. The van der Waals surface area contributed by atoms with Gasteiger partial charge in [0.2, 0.25) is 0 Å². The molecule has 0 aliphatic carbocycles.